The molecule has 0 aliphatic carbocycles. The van der Waals surface area contributed by atoms with E-state index in [1.807, 2.05) is 0 Å². The summed E-state index contributed by atoms with van der Waals surface area (Å²) in [5, 5.41) is 9.20. The number of carboxylic acid groups (broad SMARTS) is 1. The van der Waals surface area contributed by atoms with Gasteiger partial charge in [0, 0.05) is 56.1 Å². The molecule has 0 radical (unpaired) electrons. The molecule has 220 valence electrons. The zero-order valence-corrected chi connectivity index (χ0v) is 23.3. The number of carbonyl (C=O) groups is 2. The van der Waals surface area contributed by atoms with Gasteiger partial charge in [0.1, 0.15) is 23.0 Å². The molecule has 40 heavy (non-hydrogen) atoms. The van der Waals surface area contributed by atoms with Gasteiger partial charge < -0.3 is 23.8 Å². The second-order valence-corrected chi connectivity index (χ2v) is 11.7. The summed E-state index contributed by atoms with van der Waals surface area (Å²) in [6.45, 7) is 9.07. The summed E-state index contributed by atoms with van der Waals surface area (Å²) in [6.07, 6.45) is -0.437. The van der Waals surface area contributed by atoms with E-state index in [2.05, 4.69) is 14.2 Å². The Morgan fingerprint density at radius 3 is 2.23 bits per heavy atom. The lowest BCUT2D eigenvalue weighted by Gasteiger charge is -2.34. The Labute approximate surface area is 229 Å². The molecule has 3 rings (SSSR count). The monoisotopic (exact) mass is 589 g/mol. The quantitative estimate of drug-likeness (QED) is 0.382. The van der Waals surface area contributed by atoms with Crippen LogP contribution in [0.2, 0.25) is 0 Å². The van der Waals surface area contributed by atoms with Gasteiger partial charge in [0.15, 0.2) is 0 Å². The van der Waals surface area contributed by atoms with Gasteiger partial charge in [-0.25, -0.2) is 19.6 Å². The predicted octanol–water partition coefficient (Wildman–Crippen LogP) is 4.32. The van der Waals surface area contributed by atoms with E-state index in [1.165, 1.54) is 23.2 Å². The Balaban J connectivity index is 2.06. The minimum atomic E-state index is -5.99. The summed E-state index contributed by atoms with van der Waals surface area (Å²) >= 11 is 0. The van der Waals surface area contributed by atoms with Crippen molar-refractivity contribution in [2.45, 2.75) is 51.8 Å². The van der Waals surface area contributed by atoms with Gasteiger partial charge in [-0.3, -0.25) is 4.90 Å². The zero-order valence-electron chi connectivity index (χ0n) is 22.5. The highest BCUT2D eigenvalue weighted by Gasteiger charge is 2.48. The smallest absolute Gasteiger partial charge is 0.465 e. The molecule has 1 N–H and O–H groups in total. The van der Waals surface area contributed by atoms with Crippen molar-refractivity contribution in [3.05, 3.63) is 30.5 Å². The van der Waals surface area contributed by atoms with Gasteiger partial charge >= 0.3 is 27.8 Å². The number of halogens is 3. The number of anilines is 2. The average Bonchev–Trinajstić information content (AvgIpc) is 2.82. The topological polar surface area (TPSA) is 142 Å². The van der Waals surface area contributed by atoms with E-state index in [0.717, 1.165) is 17.0 Å². The molecule has 0 atom stereocenters. The second-order valence-electron chi connectivity index (χ2n) is 10.1. The maximum absolute atomic E-state index is 13.1. The van der Waals surface area contributed by atoms with Crippen molar-refractivity contribution in [2.75, 3.05) is 36.0 Å². The van der Waals surface area contributed by atoms with Crippen molar-refractivity contribution >= 4 is 33.9 Å². The molecule has 2 amide bonds. The normalized spacial score (nSPS) is 14.7. The third-order valence-corrected chi connectivity index (χ3v) is 6.52. The number of nitrogens with zero attached hydrogens (tertiary/aromatic N) is 5. The first-order valence-corrected chi connectivity index (χ1v) is 13.5. The Morgan fingerprint density at radius 1 is 1.07 bits per heavy atom. The number of hydrogen-bond donors (Lipinski definition) is 1. The summed E-state index contributed by atoms with van der Waals surface area (Å²) < 4.78 is 72.6. The number of hydrogen-bond acceptors (Lipinski definition) is 9. The number of pyridine rings is 2. The van der Waals surface area contributed by atoms with E-state index in [0.29, 0.717) is 5.56 Å². The summed E-state index contributed by atoms with van der Waals surface area (Å²) in [5.74, 6) is -0.417. The van der Waals surface area contributed by atoms with Crippen molar-refractivity contribution in [1.82, 2.24) is 14.9 Å². The van der Waals surface area contributed by atoms with Gasteiger partial charge in [-0.15, -0.1) is 0 Å². The lowest BCUT2D eigenvalue weighted by molar-refractivity contribution is -0.0500. The lowest BCUT2D eigenvalue weighted by Crippen LogP contribution is -2.48. The van der Waals surface area contributed by atoms with E-state index in [1.54, 1.807) is 39.5 Å². The fraction of sp³-hybridized carbons (Fsp3) is 0.500. The minimum absolute atomic E-state index is 0.0297. The molecule has 3 heterocycles. The number of alkyl halides is 3. The standard InChI is InChI=1S/C24H30F3N5O7S/c1-15(2)32(22(35)38-23(3,4)5)19-12-16(6-7-28-19)18-13-17(39-40(36,37)24(25,26)27)14-20(29-18)30-8-10-31(11-9-30)21(33)34/h6-7,12-15H,8-11H2,1-5H3,(H,33,34). The third-order valence-electron chi connectivity index (χ3n) is 5.54. The summed E-state index contributed by atoms with van der Waals surface area (Å²) in [5.41, 5.74) is -6.14. The molecule has 0 bridgehead atoms. The van der Waals surface area contributed by atoms with Crippen LogP contribution in [-0.4, -0.2) is 83.9 Å². The van der Waals surface area contributed by atoms with Crippen LogP contribution in [0.3, 0.4) is 0 Å². The van der Waals surface area contributed by atoms with Crippen LogP contribution >= 0.6 is 0 Å². The molecule has 0 spiro atoms. The molecule has 1 aliphatic rings. The molecule has 16 heteroatoms. The first-order chi connectivity index (χ1) is 18.4. The van der Waals surface area contributed by atoms with Gasteiger partial charge in [-0.2, -0.15) is 21.6 Å². The van der Waals surface area contributed by atoms with Gasteiger partial charge in [0.05, 0.1) is 5.69 Å². The number of ether oxygens (including phenoxy) is 1. The fourth-order valence-electron chi connectivity index (χ4n) is 3.74. The van der Waals surface area contributed by atoms with Gasteiger partial charge in [-0.1, -0.05) is 0 Å². The molecule has 1 aliphatic heterocycles. The van der Waals surface area contributed by atoms with Crippen molar-refractivity contribution < 1.29 is 45.2 Å². The zero-order chi connectivity index (χ0) is 30.0. The number of carbonyl (C=O) groups excluding carboxylic acids is 1. The van der Waals surface area contributed by atoms with Crippen molar-refractivity contribution in [3.63, 3.8) is 0 Å². The van der Waals surface area contributed by atoms with Crippen LogP contribution in [-0.2, 0) is 14.9 Å². The first kappa shape index (κ1) is 30.7. The number of piperazine rings is 1. The predicted molar refractivity (Wildman–Crippen MR) is 139 cm³/mol. The maximum atomic E-state index is 13.1. The van der Waals surface area contributed by atoms with Crippen LogP contribution in [0.5, 0.6) is 5.75 Å². The summed E-state index contributed by atoms with van der Waals surface area (Å²) in [7, 11) is -5.99. The van der Waals surface area contributed by atoms with E-state index in [9.17, 15) is 36.3 Å². The summed E-state index contributed by atoms with van der Waals surface area (Å²) in [4.78, 5) is 36.9. The van der Waals surface area contributed by atoms with Crippen molar-refractivity contribution in [1.29, 1.82) is 0 Å². The Bertz CT molecular complexity index is 1360. The molecule has 1 fully saturated rings. The molecule has 2 aromatic rings. The molecule has 12 nitrogen and oxygen atoms in total. The largest absolute Gasteiger partial charge is 0.534 e. The molecule has 2 aromatic heterocycles. The van der Waals surface area contributed by atoms with Crippen LogP contribution < -0.4 is 14.0 Å². The molecule has 0 aromatic carbocycles. The Hall–Kier alpha value is -3.82. The number of rotatable bonds is 6. The minimum Gasteiger partial charge on any atom is -0.465 e. The highest BCUT2D eigenvalue weighted by Crippen LogP contribution is 2.33. The summed E-state index contributed by atoms with van der Waals surface area (Å²) in [6, 6.07) is 4.60. The highest BCUT2D eigenvalue weighted by molar-refractivity contribution is 7.88. The van der Waals surface area contributed by atoms with Crippen LogP contribution in [0, 0.1) is 0 Å². The van der Waals surface area contributed by atoms with Crippen LogP contribution in [0.15, 0.2) is 30.5 Å². The average molecular weight is 590 g/mol. The number of amides is 2. The fourth-order valence-corrected chi connectivity index (χ4v) is 4.18. The van der Waals surface area contributed by atoms with Gasteiger partial charge in [-0.05, 0) is 46.8 Å². The molecule has 0 unspecified atom stereocenters. The SMILES string of the molecule is CC(C)N(C(=O)OC(C)(C)C)c1cc(-c2cc(OS(=O)(=O)C(F)(F)F)cc(N3CCN(C(=O)O)CC3)n2)ccn1. The van der Waals surface area contributed by atoms with E-state index < -0.39 is 45.2 Å². The highest BCUT2D eigenvalue weighted by atomic mass is 32.2. The second kappa shape index (κ2) is 11.3. The number of aromatic nitrogens is 2. The van der Waals surface area contributed by atoms with Crippen molar-refractivity contribution in [3.8, 4) is 17.0 Å². The van der Waals surface area contributed by atoms with Gasteiger partial charge in [0.25, 0.3) is 0 Å². The Kier molecular flexibility index (Phi) is 8.71. The van der Waals surface area contributed by atoms with Gasteiger partial charge in [0.2, 0.25) is 0 Å². The van der Waals surface area contributed by atoms with Crippen LogP contribution in [0.4, 0.5) is 34.4 Å². The third kappa shape index (κ3) is 7.43. The molecular formula is C24H30F3N5O7S. The van der Waals surface area contributed by atoms with E-state index >= 15 is 0 Å². The lowest BCUT2D eigenvalue weighted by atomic mass is 10.1. The van der Waals surface area contributed by atoms with Crippen LogP contribution in [0.25, 0.3) is 11.3 Å². The molecule has 0 saturated carbocycles. The van der Waals surface area contributed by atoms with Crippen LogP contribution in [0.1, 0.15) is 34.6 Å². The Morgan fingerprint density at radius 2 is 1.70 bits per heavy atom. The molecule has 1 saturated heterocycles. The van der Waals surface area contributed by atoms with E-state index in [-0.39, 0.29) is 43.5 Å². The molecular weight excluding hydrogens is 559 g/mol. The maximum Gasteiger partial charge on any atom is 0.534 e. The van der Waals surface area contributed by atoms with Crippen molar-refractivity contribution in [2.24, 2.45) is 0 Å². The van der Waals surface area contributed by atoms with E-state index in [4.69, 9.17) is 4.74 Å². The first-order valence-electron chi connectivity index (χ1n) is 12.1.